The third-order valence-corrected chi connectivity index (χ3v) is 5.97. The van der Waals surface area contributed by atoms with E-state index >= 15 is 0 Å². The lowest BCUT2D eigenvalue weighted by Gasteiger charge is -2.32. The summed E-state index contributed by atoms with van der Waals surface area (Å²) in [6.45, 7) is 0.950. The fourth-order valence-electron chi connectivity index (χ4n) is 4.38. The first-order chi connectivity index (χ1) is 15.5. The van der Waals surface area contributed by atoms with E-state index in [1.807, 2.05) is 30.3 Å². The van der Waals surface area contributed by atoms with Crippen LogP contribution in [0.5, 0.6) is 0 Å². The van der Waals surface area contributed by atoms with E-state index < -0.39 is 5.76 Å². The summed E-state index contributed by atoms with van der Waals surface area (Å²) in [7, 11) is 1.63. The minimum absolute atomic E-state index is 0.0837. The summed E-state index contributed by atoms with van der Waals surface area (Å²) in [6, 6.07) is 16.4. The number of oxazole rings is 1. The van der Waals surface area contributed by atoms with Crippen LogP contribution in [0.15, 0.2) is 68.6 Å². The van der Waals surface area contributed by atoms with Gasteiger partial charge in [0.1, 0.15) is 12.4 Å². The van der Waals surface area contributed by atoms with Gasteiger partial charge in [-0.2, -0.15) is 5.10 Å². The van der Waals surface area contributed by atoms with Crippen LogP contribution in [0.3, 0.4) is 0 Å². The fourth-order valence-corrected chi connectivity index (χ4v) is 4.38. The van der Waals surface area contributed by atoms with Crippen LogP contribution in [0, 0.1) is 0 Å². The van der Waals surface area contributed by atoms with Gasteiger partial charge in [-0.25, -0.2) is 18.8 Å². The molecule has 164 valence electrons. The molecule has 0 bridgehead atoms. The molecule has 2 aromatic carbocycles. The van der Waals surface area contributed by atoms with Gasteiger partial charge in [0.25, 0.3) is 0 Å². The number of carbonyl (C=O) groups excluding carboxylic acids is 1. The Balaban J connectivity index is 1.41. The first kappa shape index (κ1) is 20.0. The van der Waals surface area contributed by atoms with Gasteiger partial charge in [0.05, 0.1) is 11.2 Å². The van der Waals surface area contributed by atoms with Gasteiger partial charge in [-0.3, -0.25) is 9.36 Å². The second-order valence-electron chi connectivity index (χ2n) is 8.04. The summed E-state index contributed by atoms with van der Waals surface area (Å²) >= 11 is 0. The Morgan fingerprint density at radius 1 is 1.09 bits per heavy atom. The molecule has 9 nitrogen and oxygen atoms in total. The van der Waals surface area contributed by atoms with Gasteiger partial charge in [0, 0.05) is 26.1 Å². The average Bonchev–Trinajstić information content (AvgIpc) is 3.30. The van der Waals surface area contributed by atoms with E-state index in [9.17, 15) is 14.4 Å². The van der Waals surface area contributed by atoms with Crippen molar-refractivity contribution < 1.29 is 9.21 Å². The standard InChI is InChI=1S/C23H23N5O4/c1-25-22(30)28(17-9-3-2-4-10-17)21(24-25)16-8-7-13-26(14-16)20(29)15-27-18-11-5-6-12-19(18)32-23(27)31/h2-6,9-12,16H,7-8,13-15H2,1H3/t16-/m1/s1. The molecule has 1 fully saturated rings. The first-order valence-electron chi connectivity index (χ1n) is 10.6. The number of amides is 1. The third kappa shape index (κ3) is 3.45. The van der Waals surface area contributed by atoms with Crippen LogP contribution >= 0.6 is 0 Å². The Labute approximate surface area is 183 Å². The van der Waals surface area contributed by atoms with Crippen molar-refractivity contribution in [3.05, 3.63) is 81.5 Å². The van der Waals surface area contributed by atoms with Gasteiger partial charge in [0.2, 0.25) is 5.91 Å². The molecule has 9 heteroatoms. The molecular formula is C23H23N5O4. The number of rotatable bonds is 4. The summed E-state index contributed by atoms with van der Waals surface area (Å²) in [6.07, 6.45) is 1.61. The largest absolute Gasteiger partial charge is 0.420 e. The summed E-state index contributed by atoms with van der Waals surface area (Å²) in [5, 5.41) is 4.49. The quantitative estimate of drug-likeness (QED) is 0.490. The summed E-state index contributed by atoms with van der Waals surface area (Å²) in [4.78, 5) is 39.9. The molecular weight excluding hydrogens is 410 g/mol. The van der Waals surface area contributed by atoms with Crippen molar-refractivity contribution in [3.8, 4) is 5.69 Å². The fraction of sp³-hybridized carbons (Fsp3) is 0.304. The Hall–Kier alpha value is -3.88. The number of piperidine rings is 1. The van der Waals surface area contributed by atoms with Gasteiger partial charge in [0.15, 0.2) is 5.58 Å². The number of hydrogen-bond donors (Lipinski definition) is 0. The maximum absolute atomic E-state index is 13.1. The molecule has 1 saturated heterocycles. The van der Waals surface area contributed by atoms with Crippen LogP contribution in [0.2, 0.25) is 0 Å². The van der Waals surface area contributed by atoms with Gasteiger partial charge in [-0.15, -0.1) is 0 Å². The molecule has 5 rings (SSSR count). The lowest BCUT2D eigenvalue weighted by Crippen LogP contribution is -2.42. The van der Waals surface area contributed by atoms with Crippen molar-refractivity contribution in [2.45, 2.75) is 25.3 Å². The maximum atomic E-state index is 13.1. The molecule has 4 aromatic rings. The first-order valence-corrected chi connectivity index (χ1v) is 10.6. The number of fused-ring (bicyclic) bond motifs is 1. The highest BCUT2D eigenvalue weighted by Gasteiger charge is 2.30. The van der Waals surface area contributed by atoms with Crippen LogP contribution in [-0.4, -0.2) is 42.8 Å². The summed E-state index contributed by atoms with van der Waals surface area (Å²) in [5.74, 6) is -0.143. The molecule has 32 heavy (non-hydrogen) atoms. The molecule has 0 spiro atoms. The molecule has 1 aliphatic rings. The van der Waals surface area contributed by atoms with Crippen molar-refractivity contribution in [2.24, 2.45) is 7.05 Å². The molecule has 0 radical (unpaired) electrons. The summed E-state index contributed by atoms with van der Waals surface area (Å²) < 4.78 is 9.56. The van der Waals surface area contributed by atoms with Crippen molar-refractivity contribution in [1.29, 1.82) is 0 Å². The van der Waals surface area contributed by atoms with Crippen LogP contribution < -0.4 is 11.4 Å². The molecule has 0 saturated carbocycles. The average molecular weight is 433 g/mol. The topological polar surface area (TPSA) is 95.3 Å². The number of para-hydroxylation sites is 3. The number of likely N-dealkylation sites (tertiary alicyclic amines) is 1. The highest BCUT2D eigenvalue weighted by Crippen LogP contribution is 2.27. The number of carbonyl (C=O) groups is 1. The molecule has 3 heterocycles. The predicted octanol–water partition coefficient (Wildman–Crippen LogP) is 1.89. The second kappa shape index (κ2) is 7.99. The molecule has 1 atom stereocenters. The van der Waals surface area contributed by atoms with Crippen LogP contribution in [0.4, 0.5) is 0 Å². The lowest BCUT2D eigenvalue weighted by molar-refractivity contribution is -0.133. The molecule has 0 N–H and O–H groups in total. The van der Waals surface area contributed by atoms with Gasteiger partial charge < -0.3 is 9.32 Å². The number of aromatic nitrogens is 4. The number of benzene rings is 2. The second-order valence-corrected chi connectivity index (χ2v) is 8.04. The molecule has 1 aliphatic heterocycles. The Kier molecular flexibility index (Phi) is 5.01. The zero-order chi connectivity index (χ0) is 22.2. The van der Waals surface area contributed by atoms with E-state index in [1.54, 1.807) is 40.8 Å². The SMILES string of the molecule is Cn1nc([C@@H]2CCCN(C(=O)Cn3c(=O)oc4ccccc43)C2)n(-c2ccccc2)c1=O. The van der Waals surface area contributed by atoms with E-state index in [0.29, 0.717) is 30.0 Å². The van der Waals surface area contributed by atoms with E-state index in [0.717, 1.165) is 18.5 Å². The Morgan fingerprint density at radius 3 is 2.66 bits per heavy atom. The Morgan fingerprint density at radius 2 is 1.84 bits per heavy atom. The van der Waals surface area contributed by atoms with Crippen LogP contribution in [-0.2, 0) is 18.4 Å². The van der Waals surface area contributed by atoms with E-state index in [1.165, 1.54) is 9.25 Å². The predicted molar refractivity (Wildman–Crippen MR) is 118 cm³/mol. The normalized spacial score (nSPS) is 16.5. The number of hydrogen-bond acceptors (Lipinski definition) is 5. The highest BCUT2D eigenvalue weighted by molar-refractivity contribution is 5.79. The minimum Gasteiger partial charge on any atom is -0.408 e. The Bertz CT molecular complexity index is 1400. The smallest absolute Gasteiger partial charge is 0.408 e. The van der Waals surface area contributed by atoms with Crippen LogP contribution in [0.25, 0.3) is 16.8 Å². The minimum atomic E-state index is -0.546. The van der Waals surface area contributed by atoms with E-state index in [2.05, 4.69) is 5.10 Å². The zero-order valence-electron chi connectivity index (χ0n) is 17.7. The molecule has 2 aromatic heterocycles. The number of nitrogens with zero attached hydrogens (tertiary/aromatic N) is 5. The molecule has 0 unspecified atom stereocenters. The third-order valence-electron chi connectivity index (χ3n) is 5.97. The van der Waals surface area contributed by atoms with Crippen LogP contribution in [0.1, 0.15) is 24.6 Å². The van der Waals surface area contributed by atoms with E-state index in [4.69, 9.17) is 4.42 Å². The van der Waals surface area contributed by atoms with Crippen molar-refractivity contribution >= 4 is 17.0 Å². The van der Waals surface area contributed by atoms with Gasteiger partial charge >= 0.3 is 11.4 Å². The van der Waals surface area contributed by atoms with E-state index in [-0.39, 0.29) is 24.1 Å². The van der Waals surface area contributed by atoms with Crippen molar-refractivity contribution in [3.63, 3.8) is 0 Å². The lowest BCUT2D eigenvalue weighted by atomic mass is 9.97. The number of aryl methyl sites for hydroxylation is 1. The zero-order valence-corrected chi connectivity index (χ0v) is 17.7. The molecule has 0 aliphatic carbocycles. The monoisotopic (exact) mass is 433 g/mol. The summed E-state index contributed by atoms with van der Waals surface area (Å²) in [5.41, 5.74) is 1.59. The van der Waals surface area contributed by atoms with Gasteiger partial charge in [-0.1, -0.05) is 30.3 Å². The highest BCUT2D eigenvalue weighted by atomic mass is 16.4. The van der Waals surface area contributed by atoms with Crippen molar-refractivity contribution in [2.75, 3.05) is 13.1 Å². The maximum Gasteiger partial charge on any atom is 0.420 e. The van der Waals surface area contributed by atoms with Crippen molar-refractivity contribution in [1.82, 2.24) is 23.8 Å². The van der Waals surface area contributed by atoms with Gasteiger partial charge in [-0.05, 0) is 37.1 Å². The molecule has 1 amide bonds.